The van der Waals surface area contributed by atoms with Gasteiger partial charge in [-0.3, -0.25) is 9.48 Å². The molecule has 176 valence electrons. The number of carbonyl (C=O) groups is 1. The number of fused-ring (bicyclic) bond motifs is 2. The normalized spacial score (nSPS) is 19.8. The van der Waals surface area contributed by atoms with E-state index in [0.717, 1.165) is 30.3 Å². The van der Waals surface area contributed by atoms with Gasteiger partial charge in [0.2, 0.25) is 5.91 Å². The number of halogens is 1. The van der Waals surface area contributed by atoms with Crippen LogP contribution in [0.25, 0.3) is 21.9 Å². The maximum Gasteiger partial charge on any atom is 0.246 e. The van der Waals surface area contributed by atoms with Crippen LogP contribution in [0.1, 0.15) is 49.5 Å². The summed E-state index contributed by atoms with van der Waals surface area (Å²) in [7, 11) is 0. The maximum atomic E-state index is 15.0. The number of rotatable bonds is 3. The average molecular weight is 470 g/mol. The molecule has 4 heterocycles. The number of likely N-dealkylation sites (tertiary alicyclic amines) is 1. The van der Waals surface area contributed by atoms with Crippen molar-refractivity contribution in [2.75, 3.05) is 12.3 Å². The Bertz CT molecular complexity index is 1570. The number of pyridine rings is 1. The fraction of sp³-hybridized carbons (Fsp3) is 0.308. The number of aromatic nitrogens is 5. The monoisotopic (exact) mass is 469 g/mol. The van der Waals surface area contributed by atoms with Crippen LogP contribution < -0.4 is 5.73 Å². The number of amides is 1. The number of hydrogen-bond donors (Lipinski definition) is 1. The minimum absolute atomic E-state index is 0.0479. The third-order valence-corrected chi connectivity index (χ3v) is 6.93. The Morgan fingerprint density at radius 1 is 1.23 bits per heavy atom. The van der Waals surface area contributed by atoms with Gasteiger partial charge in [0.15, 0.2) is 0 Å². The molecule has 1 amide bonds. The molecule has 0 bridgehead atoms. The largest absolute Gasteiger partial charge is 0.383 e. The van der Waals surface area contributed by atoms with Gasteiger partial charge in [0.25, 0.3) is 0 Å². The first kappa shape index (κ1) is 21.4. The van der Waals surface area contributed by atoms with Crippen molar-refractivity contribution in [3.63, 3.8) is 0 Å². The van der Waals surface area contributed by atoms with Gasteiger partial charge >= 0.3 is 0 Å². The van der Waals surface area contributed by atoms with Crippen molar-refractivity contribution in [3.8, 4) is 11.8 Å². The summed E-state index contributed by atoms with van der Waals surface area (Å²) in [5.74, 6) is 5.76. The molecule has 1 aromatic carbocycles. The summed E-state index contributed by atoms with van der Waals surface area (Å²) in [6.07, 6.45) is 7.65. The predicted molar refractivity (Wildman–Crippen MR) is 131 cm³/mol. The highest BCUT2D eigenvalue weighted by Gasteiger charge is 2.34. The maximum absolute atomic E-state index is 15.0. The van der Waals surface area contributed by atoms with E-state index in [2.05, 4.69) is 28.4 Å². The Balaban J connectivity index is 1.40. The van der Waals surface area contributed by atoms with E-state index in [-0.39, 0.29) is 23.6 Å². The van der Waals surface area contributed by atoms with Crippen LogP contribution in [0, 0.1) is 17.7 Å². The summed E-state index contributed by atoms with van der Waals surface area (Å²) in [6.45, 7) is 6.12. The smallest absolute Gasteiger partial charge is 0.246 e. The first-order valence-corrected chi connectivity index (χ1v) is 11.7. The third-order valence-electron chi connectivity index (χ3n) is 6.93. The molecule has 0 unspecified atom stereocenters. The van der Waals surface area contributed by atoms with Gasteiger partial charge in [0.1, 0.15) is 17.3 Å². The summed E-state index contributed by atoms with van der Waals surface area (Å²) >= 11 is 0. The van der Waals surface area contributed by atoms with Crippen LogP contribution >= 0.6 is 0 Å². The van der Waals surface area contributed by atoms with Crippen LogP contribution in [0.3, 0.4) is 0 Å². The number of anilines is 1. The highest BCUT2D eigenvalue weighted by Crippen LogP contribution is 2.37. The molecule has 0 radical (unpaired) electrons. The third kappa shape index (κ3) is 3.53. The van der Waals surface area contributed by atoms with Gasteiger partial charge in [-0.15, -0.1) is 0 Å². The zero-order chi connectivity index (χ0) is 24.3. The number of benzene rings is 1. The molecular formula is C26H24FN7O. The molecule has 3 aromatic heterocycles. The van der Waals surface area contributed by atoms with Crippen molar-refractivity contribution in [3.05, 3.63) is 60.5 Å². The average Bonchev–Trinajstić information content (AvgIpc) is 3.33. The summed E-state index contributed by atoms with van der Waals surface area (Å²) in [5, 5.41) is 5.37. The van der Waals surface area contributed by atoms with E-state index in [9.17, 15) is 9.18 Å². The predicted octanol–water partition coefficient (Wildman–Crippen LogP) is 3.58. The molecule has 2 atom stereocenters. The molecule has 35 heavy (non-hydrogen) atoms. The second-order valence-corrected chi connectivity index (χ2v) is 9.27. The quantitative estimate of drug-likeness (QED) is 0.366. The minimum atomic E-state index is -0.398. The second-order valence-electron chi connectivity index (χ2n) is 9.27. The molecule has 8 nitrogen and oxygen atoms in total. The van der Waals surface area contributed by atoms with Crippen molar-refractivity contribution >= 4 is 33.7 Å². The van der Waals surface area contributed by atoms with Crippen LogP contribution in [0.2, 0.25) is 0 Å². The zero-order valence-electron chi connectivity index (χ0n) is 19.3. The van der Waals surface area contributed by atoms with Gasteiger partial charge in [-0.1, -0.05) is 12.5 Å². The molecule has 1 aliphatic heterocycles. The molecule has 4 aromatic rings. The number of hydrogen-bond acceptors (Lipinski definition) is 5. The summed E-state index contributed by atoms with van der Waals surface area (Å²) in [6, 6.07) is 5.43. The highest BCUT2D eigenvalue weighted by atomic mass is 19.1. The van der Waals surface area contributed by atoms with Gasteiger partial charge in [0, 0.05) is 30.9 Å². The number of imidazole rings is 1. The fourth-order valence-electron chi connectivity index (χ4n) is 5.00. The first-order valence-electron chi connectivity index (χ1n) is 11.7. The van der Waals surface area contributed by atoms with Gasteiger partial charge in [-0.2, -0.15) is 5.10 Å². The van der Waals surface area contributed by atoms with Crippen molar-refractivity contribution in [2.45, 2.75) is 44.3 Å². The van der Waals surface area contributed by atoms with Crippen LogP contribution in [-0.2, 0) is 4.79 Å². The van der Waals surface area contributed by atoms with Crippen LogP contribution in [-0.4, -0.2) is 47.7 Å². The minimum Gasteiger partial charge on any atom is -0.383 e. The Morgan fingerprint density at radius 3 is 2.83 bits per heavy atom. The summed E-state index contributed by atoms with van der Waals surface area (Å²) in [5.41, 5.74) is 9.17. The standard InChI is InChI=1S/C26H24FN7O/c1-3-24(35)32-13-18(10-15(32)2)34-22-8-9-29-26(28)25(22)20(31-34)7-4-16-11-21-23(12-19(16)27)33(14-30-21)17-5-6-17/h3,8-9,11-12,14-15,17-18H,1,5-6,10,13H2,2H3,(H2,28,29)/t15-,18-/m0/s1. The Kier molecular flexibility index (Phi) is 4.85. The number of nitrogens with zero attached hydrogens (tertiary/aromatic N) is 6. The second kappa shape index (κ2) is 7.94. The van der Waals surface area contributed by atoms with Gasteiger partial charge in [0.05, 0.1) is 39.9 Å². The topological polar surface area (TPSA) is 94.9 Å². The zero-order valence-corrected chi connectivity index (χ0v) is 19.3. The van der Waals surface area contributed by atoms with Gasteiger partial charge in [-0.25, -0.2) is 14.4 Å². The van der Waals surface area contributed by atoms with E-state index in [0.29, 0.717) is 35.0 Å². The van der Waals surface area contributed by atoms with Crippen molar-refractivity contribution in [1.82, 2.24) is 29.2 Å². The van der Waals surface area contributed by atoms with Crippen LogP contribution in [0.4, 0.5) is 10.2 Å². The Labute approximate surface area is 201 Å². The molecule has 1 saturated carbocycles. The lowest BCUT2D eigenvalue weighted by Crippen LogP contribution is -2.32. The molecule has 1 aliphatic carbocycles. The van der Waals surface area contributed by atoms with E-state index in [1.807, 2.05) is 22.2 Å². The SMILES string of the molecule is C=CC(=O)N1C[C@@H](n2nc(C#Cc3cc4ncn(C5CC5)c4cc3F)c3c(N)nccc32)C[C@@H]1C. The number of nitrogen functional groups attached to an aromatic ring is 1. The number of carbonyl (C=O) groups excluding carboxylic acids is 1. The van der Waals surface area contributed by atoms with Gasteiger partial charge in [-0.05, 0) is 50.3 Å². The lowest BCUT2D eigenvalue weighted by atomic mass is 10.1. The van der Waals surface area contributed by atoms with Crippen molar-refractivity contribution in [1.29, 1.82) is 0 Å². The van der Waals surface area contributed by atoms with E-state index in [4.69, 9.17) is 10.8 Å². The summed E-state index contributed by atoms with van der Waals surface area (Å²) < 4.78 is 18.8. The Morgan fingerprint density at radius 2 is 2.06 bits per heavy atom. The van der Waals surface area contributed by atoms with E-state index >= 15 is 0 Å². The molecule has 9 heteroatoms. The molecule has 6 rings (SSSR count). The molecular weight excluding hydrogens is 445 g/mol. The molecule has 2 aliphatic rings. The lowest BCUT2D eigenvalue weighted by Gasteiger charge is -2.19. The summed E-state index contributed by atoms with van der Waals surface area (Å²) in [4.78, 5) is 22.7. The number of nitrogens with two attached hydrogens (primary N) is 1. The van der Waals surface area contributed by atoms with Gasteiger partial charge < -0.3 is 15.2 Å². The molecule has 1 saturated heterocycles. The van der Waals surface area contributed by atoms with Crippen molar-refractivity contribution < 1.29 is 9.18 Å². The van der Waals surface area contributed by atoms with E-state index in [1.165, 1.54) is 12.1 Å². The van der Waals surface area contributed by atoms with E-state index in [1.54, 1.807) is 23.5 Å². The highest BCUT2D eigenvalue weighted by molar-refractivity contribution is 5.93. The molecule has 0 spiro atoms. The lowest BCUT2D eigenvalue weighted by molar-refractivity contribution is -0.126. The Hall–Kier alpha value is -4.19. The fourth-order valence-corrected chi connectivity index (χ4v) is 5.00. The van der Waals surface area contributed by atoms with Crippen LogP contribution in [0.5, 0.6) is 0 Å². The molecule has 2 N–H and O–H groups in total. The molecule has 2 fully saturated rings. The van der Waals surface area contributed by atoms with Crippen molar-refractivity contribution in [2.24, 2.45) is 0 Å². The van der Waals surface area contributed by atoms with Crippen LogP contribution in [0.15, 0.2) is 43.4 Å². The van der Waals surface area contributed by atoms with E-state index < -0.39 is 5.82 Å². The first-order chi connectivity index (χ1) is 16.9.